The van der Waals surface area contributed by atoms with Gasteiger partial charge in [0.1, 0.15) is 6.54 Å². The third-order valence-electron chi connectivity index (χ3n) is 3.20. The number of carboxylic acid groups (broad SMARTS) is 1. The summed E-state index contributed by atoms with van der Waals surface area (Å²) in [7, 11) is 0. The summed E-state index contributed by atoms with van der Waals surface area (Å²) in [5, 5.41) is 12.7. The van der Waals surface area contributed by atoms with Crippen molar-refractivity contribution in [3.05, 3.63) is 17.0 Å². The zero-order chi connectivity index (χ0) is 14.9. The van der Waals surface area contributed by atoms with Crippen molar-refractivity contribution >= 4 is 11.9 Å². The second-order valence-corrected chi connectivity index (χ2v) is 4.55. The molecule has 1 aromatic rings. The molecule has 1 aliphatic rings. The fourth-order valence-corrected chi connectivity index (χ4v) is 2.36. The molecule has 1 aliphatic carbocycles. The Morgan fingerprint density at radius 1 is 1.50 bits per heavy atom. The normalized spacial score (nSPS) is 17.3. The molecule has 1 atom stereocenters. The molecule has 0 aliphatic heterocycles. The van der Waals surface area contributed by atoms with E-state index in [1.165, 1.54) is 0 Å². The van der Waals surface area contributed by atoms with E-state index in [0.717, 1.165) is 4.68 Å². The number of carboxylic acids is 1. The molecule has 1 heterocycles. The van der Waals surface area contributed by atoms with Crippen LogP contribution in [0.5, 0.6) is 0 Å². The van der Waals surface area contributed by atoms with Crippen LogP contribution in [0.4, 0.5) is 8.78 Å². The fourth-order valence-electron chi connectivity index (χ4n) is 2.36. The molecule has 8 heteroatoms. The SMILES string of the molecule is CCOC(=O)c1nn(CC(=O)O)c2c1CC(C(F)F)C2. The number of carbonyl (C=O) groups is 2. The van der Waals surface area contributed by atoms with E-state index in [4.69, 9.17) is 9.84 Å². The molecule has 0 bridgehead atoms. The van der Waals surface area contributed by atoms with Crippen LogP contribution in [-0.4, -0.2) is 39.9 Å². The number of aliphatic carboxylic acids is 1. The van der Waals surface area contributed by atoms with Crippen molar-refractivity contribution in [2.75, 3.05) is 6.61 Å². The minimum atomic E-state index is -2.52. The van der Waals surface area contributed by atoms with Crippen molar-refractivity contribution in [2.45, 2.75) is 32.7 Å². The lowest BCUT2D eigenvalue weighted by Gasteiger charge is -2.08. The quantitative estimate of drug-likeness (QED) is 0.821. The summed E-state index contributed by atoms with van der Waals surface area (Å²) in [6.07, 6.45) is -2.48. The molecule has 2 rings (SSSR count). The molecule has 20 heavy (non-hydrogen) atoms. The molecule has 0 spiro atoms. The van der Waals surface area contributed by atoms with Gasteiger partial charge in [-0.2, -0.15) is 5.10 Å². The number of hydrogen-bond donors (Lipinski definition) is 1. The van der Waals surface area contributed by atoms with Crippen LogP contribution >= 0.6 is 0 Å². The van der Waals surface area contributed by atoms with E-state index in [1.807, 2.05) is 0 Å². The van der Waals surface area contributed by atoms with E-state index in [-0.39, 0.29) is 25.1 Å². The van der Waals surface area contributed by atoms with E-state index in [0.29, 0.717) is 11.3 Å². The maximum absolute atomic E-state index is 12.8. The van der Waals surface area contributed by atoms with E-state index >= 15 is 0 Å². The Labute approximate surface area is 113 Å². The third kappa shape index (κ3) is 2.63. The number of alkyl halides is 2. The van der Waals surface area contributed by atoms with Crippen LogP contribution in [0.3, 0.4) is 0 Å². The van der Waals surface area contributed by atoms with Crippen LogP contribution in [-0.2, 0) is 28.9 Å². The maximum atomic E-state index is 12.8. The predicted molar refractivity (Wildman–Crippen MR) is 62.7 cm³/mol. The first kappa shape index (κ1) is 14.4. The zero-order valence-electron chi connectivity index (χ0n) is 10.8. The number of halogens is 2. The van der Waals surface area contributed by atoms with E-state index in [9.17, 15) is 18.4 Å². The first-order chi connectivity index (χ1) is 9.43. The highest BCUT2D eigenvalue weighted by molar-refractivity contribution is 5.89. The lowest BCUT2D eigenvalue weighted by molar-refractivity contribution is -0.137. The Hall–Kier alpha value is -1.99. The fraction of sp³-hybridized carbons (Fsp3) is 0.583. The summed E-state index contributed by atoms with van der Waals surface area (Å²) in [5.74, 6) is -2.76. The van der Waals surface area contributed by atoms with Gasteiger partial charge in [0.05, 0.1) is 6.61 Å². The van der Waals surface area contributed by atoms with Gasteiger partial charge in [0.25, 0.3) is 0 Å². The minimum absolute atomic E-state index is 0.0146. The minimum Gasteiger partial charge on any atom is -0.480 e. The molecule has 0 fully saturated rings. The van der Waals surface area contributed by atoms with Gasteiger partial charge in [-0.05, 0) is 19.8 Å². The number of fused-ring (bicyclic) bond motifs is 1. The second-order valence-electron chi connectivity index (χ2n) is 4.55. The van der Waals surface area contributed by atoms with Gasteiger partial charge in [-0.15, -0.1) is 0 Å². The smallest absolute Gasteiger partial charge is 0.359 e. The van der Waals surface area contributed by atoms with E-state index < -0.39 is 30.8 Å². The second kappa shape index (κ2) is 5.56. The summed E-state index contributed by atoms with van der Waals surface area (Å²) in [5.41, 5.74) is 0.724. The molecule has 0 saturated heterocycles. The summed E-state index contributed by atoms with van der Waals surface area (Å²) in [6, 6.07) is 0. The Balaban J connectivity index is 2.36. The molecule has 1 N–H and O–H groups in total. The Morgan fingerprint density at radius 3 is 2.75 bits per heavy atom. The topological polar surface area (TPSA) is 81.4 Å². The first-order valence-electron chi connectivity index (χ1n) is 6.19. The molecular formula is C12H14F2N2O4. The number of ether oxygens (including phenoxy) is 1. The average Bonchev–Trinajstić information content (AvgIpc) is 2.89. The van der Waals surface area contributed by atoms with Gasteiger partial charge >= 0.3 is 11.9 Å². The van der Waals surface area contributed by atoms with Crippen LogP contribution in [0.25, 0.3) is 0 Å². The Kier molecular flexibility index (Phi) is 4.01. The number of nitrogens with zero attached hydrogens (tertiary/aromatic N) is 2. The van der Waals surface area contributed by atoms with Crippen molar-refractivity contribution < 1.29 is 28.2 Å². The maximum Gasteiger partial charge on any atom is 0.359 e. The zero-order valence-corrected chi connectivity index (χ0v) is 10.8. The van der Waals surface area contributed by atoms with Gasteiger partial charge in [-0.1, -0.05) is 0 Å². The Morgan fingerprint density at radius 2 is 2.20 bits per heavy atom. The number of hydrogen-bond acceptors (Lipinski definition) is 4. The van der Waals surface area contributed by atoms with Gasteiger partial charge in [0.2, 0.25) is 6.43 Å². The van der Waals surface area contributed by atoms with Crippen LogP contribution in [0.15, 0.2) is 0 Å². The highest BCUT2D eigenvalue weighted by atomic mass is 19.3. The number of aromatic nitrogens is 2. The molecule has 110 valence electrons. The highest BCUT2D eigenvalue weighted by Crippen LogP contribution is 2.33. The van der Waals surface area contributed by atoms with Crippen molar-refractivity contribution in [1.82, 2.24) is 9.78 Å². The van der Waals surface area contributed by atoms with Gasteiger partial charge in [0, 0.05) is 17.2 Å². The van der Waals surface area contributed by atoms with Crippen molar-refractivity contribution in [2.24, 2.45) is 5.92 Å². The lowest BCUT2D eigenvalue weighted by atomic mass is 10.1. The lowest BCUT2D eigenvalue weighted by Crippen LogP contribution is -2.18. The van der Waals surface area contributed by atoms with Crippen molar-refractivity contribution in [3.63, 3.8) is 0 Å². The molecule has 0 radical (unpaired) electrons. The van der Waals surface area contributed by atoms with Gasteiger partial charge in [-0.3, -0.25) is 9.48 Å². The molecule has 1 unspecified atom stereocenters. The average molecular weight is 288 g/mol. The molecule has 0 saturated carbocycles. The molecule has 0 aromatic carbocycles. The van der Waals surface area contributed by atoms with Crippen LogP contribution < -0.4 is 0 Å². The highest BCUT2D eigenvalue weighted by Gasteiger charge is 2.36. The number of esters is 1. The summed E-state index contributed by atoms with van der Waals surface area (Å²) in [6.45, 7) is 1.30. The number of rotatable bonds is 5. The molecule has 0 amide bonds. The van der Waals surface area contributed by atoms with Crippen LogP contribution in [0.2, 0.25) is 0 Å². The monoisotopic (exact) mass is 288 g/mol. The number of carbonyl (C=O) groups excluding carboxylic acids is 1. The van der Waals surface area contributed by atoms with Crippen molar-refractivity contribution in [3.8, 4) is 0 Å². The third-order valence-corrected chi connectivity index (χ3v) is 3.20. The standard InChI is InChI=1S/C12H14F2N2O4/c1-2-20-12(19)10-7-3-6(11(13)14)4-8(7)16(15-10)5-9(17)18/h6,11H,2-5H2,1H3,(H,17,18). The summed E-state index contributed by atoms with van der Waals surface area (Å²) < 4.78 is 31.5. The molecular weight excluding hydrogens is 274 g/mol. The van der Waals surface area contributed by atoms with Crippen LogP contribution in [0, 0.1) is 5.92 Å². The summed E-state index contributed by atoms with van der Waals surface area (Å²) in [4.78, 5) is 22.5. The van der Waals surface area contributed by atoms with Gasteiger partial charge in [0.15, 0.2) is 5.69 Å². The summed E-state index contributed by atoms with van der Waals surface area (Å²) >= 11 is 0. The van der Waals surface area contributed by atoms with Gasteiger partial charge < -0.3 is 9.84 Å². The molecule has 6 nitrogen and oxygen atoms in total. The van der Waals surface area contributed by atoms with E-state index in [2.05, 4.69) is 5.10 Å². The van der Waals surface area contributed by atoms with Gasteiger partial charge in [-0.25, -0.2) is 13.6 Å². The predicted octanol–water partition coefficient (Wildman–Crippen LogP) is 1.12. The molecule has 1 aromatic heterocycles. The van der Waals surface area contributed by atoms with Crippen molar-refractivity contribution in [1.29, 1.82) is 0 Å². The van der Waals surface area contributed by atoms with E-state index in [1.54, 1.807) is 6.92 Å². The first-order valence-corrected chi connectivity index (χ1v) is 6.19. The largest absolute Gasteiger partial charge is 0.480 e. The van der Waals surface area contributed by atoms with Crippen LogP contribution in [0.1, 0.15) is 28.7 Å². The Bertz CT molecular complexity index is 542.